The topological polar surface area (TPSA) is 73.6 Å². The molecule has 128 valence electrons. The number of fused-ring (bicyclic) bond motifs is 1. The minimum atomic E-state index is -0.840. The predicted molar refractivity (Wildman–Crippen MR) is 92.9 cm³/mol. The predicted octanol–water partition coefficient (Wildman–Crippen LogP) is 3.06. The normalized spacial score (nSPS) is 16.5. The Labute approximate surface area is 147 Å². The van der Waals surface area contributed by atoms with Crippen LogP contribution in [-0.4, -0.2) is 28.1 Å². The average molecular weight is 336 g/mol. The largest absolute Gasteiger partial charge is 0.488 e. The van der Waals surface area contributed by atoms with Gasteiger partial charge >= 0.3 is 0 Å². The van der Waals surface area contributed by atoms with Crippen molar-refractivity contribution < 1.29 is 14.6 Å². The Balaban J connectivity index is 1.96. The number of rotatable bonds is 5. The van der Waals surface area contributed by atoms with Crippen LogP contribution in [-0.2, 0) is 6.61 Å². The van der Waals surface area contributed by atoms with Crippen LogP contribution in [0, 0.1) is 11.3 Å². The van der Waals surface area contributed by atoms with E-state index in [1.165, 1.54) is 4.90 Å². The number of carbonyl (C=O) groups excluding carboxylic acids is 1. The van der Waals surface area contributed by atoms with Crippen LogP contribution >= 0.6 is 0 Å². The maximum atomic E-state index is 13.0. The van der Waals surface area contributed by atoms with Gasteiger partial charge in [-0.05, 0) is 25.5 Å². The van der Waals surface area contributed by atoms with E-state index in [-0.39, 0.29) is 12.5 Å². The van der Waals surface area contributed by atoms with E-state index in [0.29, 0.717) is 23.5 Å². The van der Waals surface area contributed by atoms with Gasteiger partial charge < -0.3 is 14.7 Å². The molecule has 3 rings (SSSR count). The van der Waals surface area contributed by atoms with E-state index >= 15 is 0 Å². The van der Waals surface area contributed by atoms with Gasteiger partial charge in [0.15, 0.2) is 0 Å². The van der Waals surface area contributed by atoms with E-state index in [0.717, 1.165) is 5.56 Å². The number of aliphatic hydroxyl groups excluding tert-OH is 1. The molecule has 0 spiro atoms. The number of carbonyl (C=O) groups is 1. The Bertz CT molecular complexity index is 825. The standard InChI is InChI=1S/C20H20N2O3/c1-20(2,13-23)22-16(11-21)15-9-6-10-17(18(15)19(22)24)25-12-14-7-4-3-5-8-14/h3-10,16,23H,12-13H2,1-2H3. The molecule has 0 fully saturated rings. The second-order valence-electron chi connectivity index (χ2n) is 6.67. The molecule has 1 heterocycles. The number of hydrogen-bond acceptors (Lipinski definition) is 4. The fourth-order valence-corrected chi connectivity index (χ4v) is 3.07. The first-order chi connectivity index (χ1) is 12.0. The highest BCUT2D eigenvalue weighted by molar-refractivity contribution is 6.02. The highest BCUT2D eigenvalue weighted by Gasteiger charge is 2.46. The van der Waals surface area contributed by atoms with Gasteiger partial charge in [0.1, 0.15) is 18.4 Å². The summed E-state index contributed by atoms with van der Waals surface area (Å²) in [4.78, 5) is 14.4. The quantitative estimate of drug-likeness (QED) is 0.911. The number of hydrogen-bond donors (Lipinski definition) is 1. The summed E-state index contributed by atoms with van der Waals surface area (Å²) in [6.45, 7) is 3.59. The molecular weight excluding hydrogens is 316 g/mol. The highest BCUT2D eigenvalue weighted by Crippen LogP contribution is 2.42. The average Bonchev–Trinajstić information content (AvgIpc) is 2.94. The maximum absolute atomic E-state index is 13.0. The van der Waals surface area contributed by atoms with Crippen molar-refractivity contribution in [1.82, 2.24) is 4.90 Å². The second kappa shape index (κ2) is 6.58. The smallest absolute Gasteiger partial charge is 0.259 e. The highest BCUT2D eigenvalue weighted by atomic mass is 16.5. The van der Waals surface area contributed by atoms with Gasteiger partial charge in [0, 0.05) is 5.56 Å². The van der Waals surface area contributed by atoms with Crippen molar-refractivity contribution in [2.24, 2.45) is 0 Å². The SMILES string of the molecule is CC(C)(CO)N1C(=O)c2c(OCc3ccccc3)cccc2C1C#N. The van der Waals surface area contributed by atoms with Crippen molar-refractivity contribution in [2.75, 3.05) is 6.61 Å². The van der Waals surface area contributed by atoms with Crippen LogP contribution < -0.4 is 4.74 Å². The molecule has 1 N–H and O–H groups in total. The Morgan fingerprint density at radius 1 is 1.20 bits per heavy atom. The van der Waals surface area contributed by atoms with Crippen LogP contribution in [0.25, 0.3) is 0 Å². The molecule has 1 atom stereocenters. The van der Waals surface area contributed by atoms with E-state index in [1.54, 1.807) is 32.0 Å². The molecule has 0 bridgehead atoms. The molecule has 5 nitrogen and oxygen atoms in total. The lowest BCUT2D eigenvalue weighted by Crippen LogP contribution is -2.48. The van der Waals surface area contributed by atoms with Gasteiger partial charge in [-0.2, -0.15) is 5.26 Å². The Morgan fingerprint density at radius 2 is 1.92 bits per heavy atom. The fourth-order valence-electron chi connectivity index (χ4n) is 3.07. The van der Waals surface area contributed by atoms with Crippen LogP contribution in [0.4, 0.5) is 0 Å². The van der Waals surface area contributed by atoms with Gasteiger partial charge in [-0.3, -0.25) is 4.79 Å². The van der Waals surface area contributed by atoms with Crippen molar-refractivity contribution in [3.8, 4) is 11.8 Å². The number of nitriles is 1. The van der Waals surface area contributed by atoms with E-state index in [9.17, 15) is 15.2 Å². The Morgan fingerprint density at radius 3 is 2.56 bits per heavy atom. The second-order valence-corrected chi connectivity index (χ2v) is 6.67. The summed E-state index contributed by atoms with van der Waals surface area (Å²) in [6.07, 6.45) is 0. The van der Waals surface area contributed by atoms with Gasteiger partial charge in [0.25, 0.3) is 5.91 Å². The summed E-state index contributed by atoms with van der Waals surface area (Å²) in [5, 5.41) is 19.2. The molecule has 5 heteroatoms. The lowest BCUT2D eigenvalue weighted by atomic mass is 10.0. The first-order valence-corrected chi connectivity index (χ1v) is 8.13. The van der Waals surface area contributed by atoms with Crippen LogP contribution in [0.2, 0.25) is 0 Å². The van der Waals surface area contributed by atoms with E-state index < -0.39 is 11.6 Å². The molecule has 0 aromatic heterocycles. The first kappa shape index (κ1) is 17.0. The molecule has 1 amide bonds. The Kier molecular flexibility index (Phi) is 4.47. The molecule has 0 saturated heterocycles. The molecule has 1 unspecified atom stereocenters. The van der Waals surface area contributed by atoms with Crippen LogP contribution in [0.15, 0.2) is 48.5 Å². The van der Waals surface area contributed by atoms with Gasteiger partial charge in [0.2, 0.25) is 0 Å². The number of ether oxygens (including phenoxy) is 1. The molecule has 0 aliphatic carbocycles. The molecule has 1 aliphatic rings. The summed E-state index contributed by atoms with van der Waals surface area (Å²) >= 11 is 0. The van der Waals surface area contributed by atoms with E-state index in [2.05, 4.69) is 6.07 Å². The van der Waals surface area contributed by atoms with Crippen molar-refractivity contribution in [1.29, 1.82) is 5.26 Å². The third kappa shape index (κ3) is 2.97. The molecule has 0 saturated carbocycles. The zero-order chi connectivity index (χ0) is 18.0. The Hall–Kier alpha value is -2.84. The van der Waals surface area contributed by atoms with Gasteiger partial charge in [-0.25, -0.2) is 0 Å². The van der Waals surface area contributed by atoms with Crippen molar-refractivity contribution in [3.63, 3.8) is 0 Å². The van der Waals surface area contributed by atoms with Crippen LogP contribution in [0.5, 0.6) is 5.75 Å². The number of nitrogens with zero attached hydrogens (tertiary/aromatic N) is 2. The summed E-state index contributed by atoms with van der Waals surface area (Å²) < 4.78 is 5.87. The number of aliphatic hydroxyl groups is 1. The van der Waals surface area contributed by atoms with E-state index in [4.69, 9.17) is 4.74 Å². The summed E-state index contributed by atoms with van der Waals surface area (Å²) in [5.74, 6) is 0.173. The molecular formula is C20H20N2O3. The molecule has 2 aromatic carbocycles. The molecule has 0 radical (unpaired) electrons. The summed E-state index contributed by atoms with van der Waals surface area (Å²) in [6, 6.07) is 16.4. The van der Waals surface area contributed by atoms with Crippen LogP contribution in [0.3, 0.4) is 0 Å². The van der Waals surface area contributed by atoms with Crippen molar-refractivity contribution >= 4 is 5.91 Å². The van der Waals surface area contributed by atoms with Crippen molar-refractivity contribution in [3.05, 3.63) is 65.2 Å². The fraction of sp³-hybridized carbons (Fsp3) is 0.300. The zero-order valence-corrected chi connectivity index (χ0v) is 14.3. The van der Waals surface area contributed by atoms with Crippen LogP contribution in [0.1, 0.15) is 41.4 Å². The number of benzene rings is 2. The molecule has 25 heavy (non-hydrogen) atoms. The maximum Gasteiger partial charge on any atom is 0.259 e. The van der Waals surface area contributed by atoms with E-state index in [1.807, 2.05) is 30.3 Å². The monoisotopic (exact) mass is 336 g/mol. The van der Waals surface area contributed by atoms with Crippen molar-refractivity contribution in [2.45, 2.75) is 32.0 Å². The minimum Gasteiger partial charge on any atom is -0.488 e. The first-order valence-electron chi connectivity index (χ1n) is 8.13. The van der Waals surface area contributed by atoms with Gasteiger partial charge in [-0.1, -0.05) is 42.5 Å². The summed E-state index contributed by atoms with van der Waals surface area (Å²) in [7, 11) is 0. The summed E-state index contributed by atoms with van der Waals surface area (Å²) in [5.41, 5.74) is 1.19. The van der Waals surface area contributed by atoms with Gasteiger partial charge in [-0.15, -0.1) is 0 Å². The zero-order valence-electron chi connectivity index (χ0n) is 14.3. The minimum absolute atomic E-state index is 0.231. The third-order valence-corrected chi connectivity index (χ3v) is 4.44. The third-order valence-electron chi connectivity index (χ3n) is 4.44. The lowest BCUT2D eigenvalue weighted by Gasteiger charge is -2.36. The lowest BCUT2D eigenvalue weighted by molar-refractivity contribution is 0.0335. The van der Waals surface area contributed by atoms with Gasteiger partial charge in [0.05, 0.1) is 23.8 Å². The number of amides is 1. The molecule has 1 aliphatic heterocycles. The molecule has 2 aromatic rings.